The van der Waals surface area contributed by atoms with Crippen molar-refractivity contribution < 1.29 is 24.2 Å². The maximum absolute atomic E-state index is 12.6. The van der Waals surface area contributed by atoms with Crippen LogP contribution in [-0.4, -0.2) is 55.2 Å². The fraction of sp³-hybridized carbons (Fsp3) is 0.333. The lowest BCUT2D eigenvalue weighted by Gasteiger charge is -2.18. The van der Waals surface area contributed by atoms with Crippen molar-refractivity contribution in [3.8, 4) is 0 Å². The number of nitrogens with zero attached hydrogens (tertiary/aromatic N) is 3. The number of H-pyrrole nitrogens is 1. The van der Waals surface area contributed by atoms with Gasteiger partial charge in [0.15, 0.2) is 0 Å². The Morgan fingerprint density at radius 2 is 2.00 bits per heavy atom. The molecular formula is C24H29N7O6. The third-order valence-corrected chi connectivity index (χ3v) is 5.17. The predicted octanol–water partition coefficient (Wildman–Crippen LogP) is 1.74. The van der Waals surface area contributed by atoms with Crippen molar-refractivity contribution in [1.82, 2.24) is 24.8 Å². The van der Waals surface area contributed by atoms with Crippen LogP contribution in [0.1, 0.15) is 30.9 Å². The molecule has 0 aliphatic heterocycles. The number of imidazole rings is 1. The number of nitrogens with one attached hydrogen (secondary N) is 4. The normalized spacial score (nSPS) is 11.4. The van der Waals surface area contributed by atoms with E-state index in [1.165, 1.54) is 12.4 Å². The Labute approximate surface area is 212 Å². The summed E-state index contributed by atoms with van der Waals surface area (Å²) < 4.78 is 6.22. The van der Waals surface area contributed by atoms with E-state index in [-0.39, 0.29) is 32.0 Å². The molecule has 0 aliphatic rings. The summed E-state index contributed by atoms with van der Waals surface area (Å²) in [6.45, 7) is 1.79. The number of aliphatic carboxylic acids is 1. The Hall–Kier alpha value is -4.68. The number of alkyl carbamates (subject to hydrolysis) is 1. The topological polar surface area (TPSA) is 180 Å². The first kappa shape index (κ1) is 26.9. The van der Waals surface area contributed by atoms with Crippen molar-refractivity contribution in [2.75, 3.05) is 17.2 Å². The second-order valence-corrected chi connectivity index (χ2v) is 8.06. The quantitative estimate of drug-likeness (QED) is 0.228. The number of ether oxygens (including phenoxy) is 1. The van der Waals surface area contributed by atoms with Gasteiger partial charge < -0.3 is 25.5 Å². The zero-order valence-electron chi connectivity index (χ0n) is 20.3. The van der Waals surface area contributed by atoms with Crippen LogP contribution in [0.15, 0.2) is 53.7 Å². The van der Waals surface area contributed by atoms with Gasteiger partial charge in [-0.2, -0.15) is 4.98 Å². The third kappa shape index (κ3) is 8.49. The van der Waals surface area contributed by atoms with E-state index in [4.69, 9.17) is 4.74 Å². The average molecular weight is 512 g/mol. The standard InChI is InChI=1S/C24H29N7O6/c1-2-6-17-13-31(14-18(21(33)34)28-24(36)37-15-16-7-4-3-5-8-16)23(35)30-20(17)25-10-9-19(32)29-22-26-11-12-27-22/h3-5,7-8,11-13,18H,2,6,9-10,14-15H2,1H3,(H,28,36)(H,33,34)(H,25,30,35)(H2,26,27,29,32)/t18-/m0/s1. The van der Waals surface area contributed by atoms with Gasteiger partial charge in [-0.05, 0) is 12.0 Å². The minimum absolute atomic E-state index is 0.0267. The zero-order valence-corrected chi connectivity index (χ0v) is 20.3. The number of carboxylic acid groups (broad SMARTS) is 1. The number of aromatic nitrogens is 4. The highest BCUT2D eigenvalue weighted by Crippen LogP contribution is 2.13. The number of carboxylic acids is 1. The third-order valence-electron chi connectivity index (χ3n) is 5.17. The number of aromatic amines is 1. The molecule has 13 heteroatoms. The van der Waals surface area contributed by atoms with E-state index < -0.39 is 23.8 Å². The highest BCUT2D eigenvalue weighted by atomic mass is 16.5. The Morgan fingerprint density at radius 3 is 2.68 bits per heavy atom. The van der Waals surface area contributed by atoms with E-state index in [2.05, 4.69) is 30.9 Å². The van der Waals surface area contributed by atoms with Crippen LogP contribution in [0.2, 0.25) is 0 Å². The first-order valence-corrected chi connectivity index (χ1v) is 11.7. The Kier molecular flexibility index (Phi) is 9.76. The SMILES string of the molecule is CCCc1cn(C[C@H](NC(=O)OCc2ccccc2)C(=O)O)c(=O)nc1NCCC(=O)Nc1ncc[nH]1. The maximum atomic E-state index is 12.6. The molecule has 0 aliphatic carbocycles. The van der Waals surface area contributed by atoms with Gasteiger partial charge in [0.25, 0.3) is 0 Å². The number of carbonyl (C=O) groups is 3. The van der Waals surface area contributed by atoms with Crippen LogP contribution in [0.3, 0.4) is 0 Å². The molecule has 13 nitrogen and oxygen atoms in total. The van der Waals surface area contributed by atoms with Crippen molar-refractivity contribution in [3.05, 3.63) is 70.5 Å². The maximum Gasteiger partial charge on any atom is 0.408 e. The van der Waals surface area contributed by atoms with Gasteiger partial charge in [0, 0.05) is 37.1 Å². The van der Waals surface area contributed by atoms with Crippen LogP contribution in [0, 0.1) is 0 Å². The monoisotopic (exact) mass is 511 g/mol. The summed E-state index contributed by atoms with van der Waals surface area (Å²) in [7, 11) is 0. The Bertz CT molecular complexity index is 1240. The Morgan fingerprint density at radius 1 is 1.22 bits per heavy atom. The van der Waals surface area contributed by atoms with Crippen molar-refractivity contribution in [2.24, 2.45) is 0 Å². The molecule has 0 spiro atoms. The molecule has 3 aromatic rings. The molecule has 2 heterocycles. The van der Waals surface area contributed by atoms with E-state index in [1.54, 1.807) is 30.5 Å². The number of benzene rings is 1. The summed E-state index contributed by atoms with van der Waals surface area (Å²) in [5.74, 6) is -0.952. The van der Waals surface area contributed by atoms with Gasteiger partial charge in [-0.25, -0.2) is 19.4 Å². The lowest BCUT2D eigenvalue weighted by molar-refractivity contribution is -0.139. The molecule has 2 aromatic heterocycles. The van der Waals surface area contributed by atoms with Crippen LogP contribution < -0.4 is 21.6 Å². The molecule has 0 saturated heterocycles. The number of aryl methyl sites for hydroxylation is 1. The average Bonchev–Trinajstić information content (AvgIpc) is 3.38. The van der Waals surface area contributed by atoms with Gasteiger partial charge >= 0.3 is 17.8 Å². The summed E-state index contributed by atoms with van der Waals surface area (Å²) in [5.41, 5.74) is 0.716. The number of carbonyl (C=O) groups excluding carboxylic acids is 2. The number of hydrogen-bond acceptors (Lipinski definition) is 8. The zero-order chi connectivity index (χ0) is 26.6. The number of anilines is 2. The smallest absolute Gasteiger partial charge is 0.408 e. The molecule has 0 saturated carbocycles. The van der Waals surface area contributed by atoms with Crippen molar-refractivity contribution in [2.45, 2.75) is 45.4 Å². The van der Waals surface area contributed by atoms with Crippen LogP contribution in [0.25, 0.3) is 0 Å². The molecule has 37 heavy (non-hydrogen) atoms. The predicted molar refractivity (Wildman–Crippen MR) is 134 cm³/mol. The fourth-order valence-electron chi connectivity index (χ4n) is 3.38. The van der Waals surface area contributed by atoms with Gasteiger partial charge in [0.1, 0.15) is 18.5 Å². The molecule has 0 fully saturated rings. The van der Waals surface area contributed by atoms with Gasteiger partial charge in [0.2, 0.25) is 11.9 Å². The second kappa shape index (κ2) is 13.4. The van der Waals surface area contributed by atoms with Gasteiger partial charge in [-0.1, -0.05) is 43.7 Å². The highest BCUT2D eigenvalue weighted by molar-refractivity contribution is 5.89. The lowest BCUT2D eigenvalue weighted by atomic mass is 10.2. The summed E-state index contributed by atoms with van der Waals surface area (Å²) in [6.07, 6.45) is 5.09. The van der Waals surface area contributed by atoms with E-state index in [9.17, 15) is 24.3 Å². The molecule has 0 bridgehead atoms. The number of amides is 2. The molecule has 1 atom stereocenters. The first-order chi connectivity index (χ1) is 17.9. The molecular weight excluding hydrogens is 482 g/mol. The van der Waals surface area contributed by atoms with E-state index in [0.717, 1.165) is 16.6 Å². The van der Waals surface area contributed by atoms with Crippen molar-refractivity contribution >= 4 is 29.7 Å². The number of hydrogen-bond donors (Lipinski definition) is 5. The van der Waals surface area contributed by atoms with Crippen molar-refractivity contribution in [3.63, 3.8) is 0 Å². The molecule has 0 unspecified atom stereocenters. The minimum atomic E-state index is -1.42. The van der Waals surface area contributed by atoms with Crippen LogP contribution in [-0.2, 0) is 33.9 Å². The molecule has 5 N–H and O–H groups in total. The van der Waals surface area contributed by atoms with Crippen molar-refractivity contribution in [1.29, 1.82) is 0 Å². The lowest BCUT2D eigenvalue weighted by Crippen LogP contribution is -2.45. The first-order valence-electron chi connectivity index (χ1n) is 11.7. The number of rotatable bonds is 13. The molecule has 0 radical (unpaired) electrons. The fourth-order valence-corrected chi connectivity index (χ4v) is 3.38. The van der Waals surface area contributed by atoms with E-state index in [1.807, 2.05) is 13.0 Å². The summed E-state index contributed by atoms with van der Waals surface area (Å²) >= 11 is 0. The van der Waals surface area contributed by atoms with E-state index in [0.29, 0.717) is 23.8 Å². The summed E-state index contributed by atoms with van der Waals surface area (Å²) in [5, 5.41) is 17.5. The molecule has 2 amide bonds. The minimum Gasteiger partial charge on any atom is -0.480 e. The van der Waals surface area contributed by atoms with Crippen LogP contribution in [0.4, 0.5) is 16.6 Å². The molecule has 1 aromatic carbocycles. The van der Waals surface area contributed by atoms with Gasteiger partial charge in [-0.3, -0.25) is 14.7 Å². The van der Waals surface area contributed by atoms with Crippen LogP contribution >= 0.6 is 0 Å². The summed E-state index contributed by atoms with van der Waals surface area (Å²) in [6, 6.07) is 7.52. The summed E-state index contributed by atoms with van der Waals surface area (Å²) in [4.78, 5) is 59.3. The van der Waals surface area contributed by atoms with Gasteiger partial charge in [0.05, 0.1) is 6.54 Å². The van der Waals surface area contributed by atoms with E-state index >= 15 is 0 Å². The highest BCUT2D eigenvalue weighted by Gasteiger charge is 2.23. The molecule has 196 valence electrons. The molecule has 3 rings (SSSR count). The second-order valence-electron chi connectivity index (χ2n) is 8.06. The van der Waals surface area contributed by atoms with Gasteiger partial charge in [-0.15, -0.1) is 0 Å². The largest absolute Gasteiger partial charge is 0.480 e. The Balaban J connectivity index is 1.61. The van der Waals surface area contributed by atoms with Crippen LogP contribution in [0.5, 0.6) is 0 Å².